The molecule has 590 valence electrons. The van der Waals surface area contributed by atoms with Gasteiger partial charge < -0.3 is 126 Å². The molecule has 2 fully saturated rings. The zero-order valence-corrected chi connectivity index (χ0v) is 61.2. The molecule has 36 nitrogen and oxygen atoms in total. The number of aliphatic hydroxyl groups is 5. The van der Waals surface area contributed by atoms with Crippen LogP contribution in [0.1, 0.15) is 94.3 Å². The summed E-state index contributed by atoms with van der Waals surface area (Å²) in [7, 11) is -5.57. The molecule has 2 saturated heterocycles. The maximum Gasteiger partial charge on any atom is 0.446 e. The number of nitrogens with two attached hydrogens (primary N) is 1. The van der Waals surface area contributed by atoms with Crippen molar-refractivity contribution in [3.8, 4) is 80.1 Å². The van der Waals surface area contributed by atoms with Crippen molar-refractivity contribution in [2.24, 2.45) is 5.73 Å². The van der Waals surface area contributed by atoms with E-state index in [2.05, 4.69) is 31.9 Å². The summed E-state index contributed by atoms with van der Waals surface area (Å²) in [6, 6.07) is 1.98. The number of benzene rings is 7. The molecule has 15 rings (SSSR count). The molecule has 1 unspecified atom stereocenters. The first-order valence-corrected chi connectivity index (χ1v) is 36.3. The van der Waals surface area contributed by atoms with Gasteiger partial charge >= 0.3 is 16.4 Å². The standard InChI is InChI=1S/C71H63Cl4N7O29S/c1-23-62(92)71(2,76)21-47(104-23)109-61-59(91)58(90)46(22-83)108-70(61)110-60-44-15-28-16-45(60)107-42-6-4-25(12-36(42)73)54(86)53-67(97)81-52(69(99)100)33-18-30(84)19-40(85)48(33)34-11-27(13-37(74)56(34)88)50(66(96)82-53)79-65(95)51(28)80-64(94)49-26-9-31(20-32(10-26)111-112(101,102)103)105-43-17-29(14-38(75)57(43)89)55(87)68(98)77-39(63(93)78-49)8-24-3-5-41(106-44)35(72)7-24/h3-7,9-20,23,39,46-47,49-54,58-59,61-62,70,83-86,88-92H,8,21-22,76H2,1-2H3,(H,77,98)(H,78,93)(H,79,95)(H,80,94)(H,81,97)(H,82,96)(H,99,100)(H,101,102,103)/t23-,39+,46+,47-,49-,50?,51+,52-,53-,54+,58+,59-,61+,62+,70-,71-/m0/s1. The van der Waals surface area contributed by atoms with Crippen LogP contribution in [0.4, 0.5) is 0 Å². The number of hydrogen-bond donors (Lipinski definition) is 18. The van der Waals surface area contributed by atoms with E-state index in [9.17, 15) is 78.4 Å². The molecule has 0 radical (unpaired) electrons. The Morgan fingerprint density at radius 3 is 1.87 bits per heavy atom. The average Bonchev–Trinajstić information content (AvgIpc) is 0.761. The molecule has 17 bridgehead atoms. The Morgan fingerprint density at radius 2 is 1.24 bits per heavy atom. The third-order valence-electron chi connectivity index (χ3n) is 19.0. The first-order chi connectivity index (χ1) is 52.8. The largest absolute Gasteiger partial charge is 0.508 e. The Hall–Kier alpha value is -10.6. The lowest BCUT2D eigenvalue weighted by atomic mass is 9.86. The number of phenols is 4. The summed E-state index contributed by atoms with van der Waals surface area (Å²) in [5.41, 5.74) is 0.457. The molecule has 8 heterocycles. The number of carboxylic acids is 1. The third-order valence-corrected chi connectivity index (χ3v) is 20.6. The van der Waals surface area contributed by atoms with Crippen LogP contribution in [-0.2, 0) is 64.6 Å². The number of carbonyl (C=O) groups is 8. The van der Waals surface area contributed by atoms with Crippen LogP contribution in [0, 0.1) is 0 Å². The number of ether oxygens (including phenoxy) is 7. The van der Waals surface area contributed by atoms with Crippen molar-refractivity contribution < 1.29 is 140 Å². The predicted octanol–water partition coefficient (Wildman–Crippen LogP) is 3.66. The SMILES string of the molecule is C[C@@H]1O[C@@H](O[C@H]2[C@H](Oc3c4cc5cc3Oc3ccc(cc3Cl)[C@@H](O)[C@@H]3NC(=O)C(NC(=O)[C@@H]5NC(=O)[C@H]5NC(=O)[C@@H](Cc6ccc(c(Cl)c6)O4)NC(=O)C(=O)c4cc(Cl)c(O)c(c4)Oc4cc(OS(=O)(=O)O)cc5c4)c4cc(Cl)c(O)c(c4)-c4c(O)cc(O)cc4[C@@H](C(=O)O)NC3=O)O[C@H](CO)[C@@H](O)[C@@H]2O)C[C@](C)(N)[C@@H]1O. The van der Waals surface area contributed by atoms with E-state index < -0.39 is 285 Å². The number of phenolic OH excluding ortho intramolecular Hbond substituents is 4. The number of carboxylic acid groups (broad SMARTS) is 1. The lowest BCUT2D eigenvalue weighted by Crippen LogP contribution is -2.64. The molecule has 0 aliphatic carbocycles. The van der Waals surface area contributed by atoms with Crippen molar-refractivity contribution in [2.75, 3.05) is 6.61 Å². The molecule has 0 saturated carbocycles. The fraction of sp³-hybridized carbons (Fsp3) is 0.296. The van der Waals surface area contributed by atoms with Gasteiger partial charge in [0.2, 0.25) is 47.4 Å². The maximum atomic E-state index is 16.5. The van der Waals surface area contributed by atoms with E-state index in [4.69, 9.17) is 89.5 Å². The molecule has 41 heteroatoms. The van der Waals surface area contributed by atoms with Gasteiger partial charge in [0, 0.05) is 52.8 Å². The van der Waals surface area contributed by atoms with Crippen molar-refractivity contribution in [3.05, 3.63) is 162 Å². The minimum Gasteiger partial charge on any atom is -0.508 e. The fourth-order valence-electron chi connectivity index (χ4n) is 13.5. The molecule has 7 aromatic rings. The number of aliphatic hydroxyl groups excluding tert-OH is 5. The maximum absolute atomic E-state index is 16.5. The summed E-state index contributed by atoms with van der Waals surface area (Å²) in [6.07, 6.45) is -16.9. The second-order valence-corrected chi connectivity index (χ2v) is 29.6. The van der Waals surface area contributed by atoms with Crippen LogP contribution in [0.25, 0.3) is 11.1 Å². The first-order valence-electron chi connectivity index (χ1n) is 33.4. The summed E-state index contributed by atoms with van der Waals surface area (Å²) >= 11 is 27.4. The highest BCUT2D eigenvalue weighted by molar-refractivity contribution is 7.81. The summed E-state index contributed by atoms with van der Waals surface area (Å²) in [4.78, 5) is 121. The van der Waals surface area contributed by atoms with Gasteiger partial charge in [-0.3, -0.25) is 38.1 Å². The summed E-state index contributed by atoms with van der Waals surface area (Å²) in [6.45, 7) is 1.92. The van der Waals surface area contributed by atoms with Gasteiger partial charge in [0.15, 0.2) is 41.4 Å². The molecule has 19 N–H and O–H groups in total. The van der Waals surface area contributed by atoms with Gasteiger partial charge in [0.05, 0.1) is 38.9 Å². The molecular formula is C71H63Cl4N7O29S. The van der Waals surface area contributed by atoms with Crippen LogP contribution < -0.4 is 60.8 Å². The molecule has 8 aliphatic heterocycles. The molecule has 0 aromatic heterocycles. The van der Waals surface area contributed by atoms with E-state index in [0.717, 1.165) is 78.9 Å². The smallest absolute Gasteiger partial charge is 0.446 e. The van der Waals surface area contributed by atoms with E-state index in [-0.39, 0.29) is 28.3 Å². The van der Waals surface area contributed by atoms with Crippen LogP contribution in [-0.4, -0.2) is 185 Å². The number of rotatable bonds is 8. The van der Waals surface area contributed by atoms with E-state index in [1.54, 1.807) is 0 Å². The highest BCUT2D eigenvalue weighted by Crippen LogP contribution is 2.51. The van der Waals surface area contributed by atoms with Gasteiger partial charge in [0.1, 0.15) is 94.9 Å². The highest BCUT2D eigenvalue weighted by atomic mass is 35.5. The van der Waals surface area contributed by atoms with Gasteiger partial charge in [-0.15, -0.1) is 0 Å². The van der Waals surface area contributed by atoms with Crippen LogP contribution >= 0.6 is 46.4 Å². The number of carbonyl (C=O) groups excluding carboxylic acids is 7. The summed E-state index contributed by atoms with van der Waals surface area (Å²) in [5, 5.41) is 126. The number of hydrogen-bond acceptors (Lipinski definition) is 28. The Kier molecular flexibility index (Phi) is 21.9. The van der Waals surface area contributed by atoms with E-state index in [1.807, 2.05) is 0 Å². The Bertz CT molecular complexity index is 5220. The van der Waals surface area contributed by atoms with Gasteiger partial charge in [-0.25, -0.2) is 4.79 Å². The van der Waals surface area contributed by atoms with Crippen LogP contribution in [0.2, 0.25) is 20.1 Å². The number of aliphatic carboxylic acids is 1. The minimum absolute atomic E-state index is 0.0454. The molecule has 8 aliphatic rings. The number of aromatic hydroxyl groups is 4. The van der Waals surface area contributed by atoms with Crippen molar-refractivity contribution in [1.29, 1.82) is 0 Å². The second kappa shape index (κ2) is 30.8. The van der Waals surface area contributed by atoms with Crippen molar-refractivity contribution in [1.82, 2.24) is 31.9 Å². The minimum atomic E-state index is -5.57. The van der Waals surface area contributed by atoms with Crippen molar-refractivity contribution in [3.63, 3.8) is 0 Å². The number of amides is 6. The number of halogens is 4. The lowest BCUT2D eigenvalue weighted by Gasteiger charge is -2.47. The normalized spacial score (nSPS) is 27.4. The highest BCUT2D eigenvalue weighted by Gasteiger charge is 2.52. The number of Topliss-reactive ketones (excluding diaryl/α,β-unsaturated/α-hetero) is 1. The van der Waals surface area contributed by atoms with Gasteiger partial charge in [-0.2, -0.15) is 8.42 Å². The first kappa shape index (κ1) is 79.5. The van der Waals surface area contributed by atoms with Crippen LogP contribution in [0.5, 0.6) is 69.0 Å². The summed E-state index contributed by atoms with van der Waals surface area (Å²) in [5.74, 6) is -21.4. The fourth-order valence-corrected chi connectivity index (χ4v) is 14.7. The third kappa shape index (κ3) is 16.0. The molecule has 112 heavy (non-hydrogen) atoms. The van der Waals surface area contributed by atoms with Gasteiger partial charge in [0.25, 0.3) is 5.91 Å². The van der Waals surface area contributed by atoms with Crippen molar-refractivity contribution in [2.45, 2.75) is 124 Å². The molecule has 7 aromatic carbocycles. The van der Waals surface area contributed by atoms with E-state index in [1.165, 1.54) is 32.0 Å². The monoisotopic (exact) mass is 1650 g/mol. The molecule has 6 amide bonds. The zero-order chi connectivity index (χ0) is 80.8. The Balaban J connectivity index is 1.09. The molecule has 0 spiro atoms. The number of ketones is 1. The number of fused-ring (bicyclic) bond motifs is 14. The molecular weight excluding hydrogens is 1590 g/mol. The zero-order valence-electron chi connectivity index (χ0n) is 57.4. The van der Waals surface area contributed by atoms with Crippen LogP contribution in [0.3, 0.4) is 0 Å². The Morgan fingerprint density at radius 1 is 0.634 bits per heavy atom. The number of nitrogens with one attached hydrogen (secondary N) is 6. The second-order valence-electron chi connectivity index (χ2n) is 26.9. The average molecular weight is 1650 g/mol. The topological polar surface area (TPSA) is 565 Å². The molecule has 16 atom stereocenters. The summed E-state index contributed by atoms with van der Waals surface area (Å²) < 4.78 is 84.6. The Labute approximate surface area is 650 Å². The lowest BCUT2D eigenvalue weighted by molar-refractivity contribution is -0.333. The van der Waals surface area contributed by atoms with E-state index >= 15 is 24.0 Å². The van der Waals surface area contributed by atoms with Crippen molar-refractivity contribution >= 4 is 104 Å². The van der Waals surface area contributed by atoms with E-state index in [0.29, 0.717) is 6.07 Å². The van der Waals surface area contributed by atoms with Crippen LogP contribution in [0.15, 0.2) is 103 Å². The quantitative estimate of drug-likeness (QED) is 0.0762. The predicted molar refractivity (Wildman–Crippen MR) is 382 cm³/mol. The van der Waals surface area contributed by atoms with Gasteiger partial charge in [-0.05, 0) is 121 Å². The van der Waals surface area contributed by atoms with Gasteiger partial charge in [-0.1, -0.05) is 58.5 Å².